The Labute approximate surface area is 140 Å². The van der Waals surface area contributed by atoms with E-state index in [0.29, 0.717) is 11.6 Å². The number of ether oxygens (including phenoxy) is 1. The molecule has 0 bridgehead atoms. The van der Waals surface area contributed by atoms with Crippen molar-refractivity contribution < 1.29 is 14.6 Å². The van der Waals surface area contributed by atoms with Crippen LogP contribution in [-0.2, 0) is 0 Å². The van der Waals surface area contributed by atoms with Crippen molar-refractivity contribution in [2.75, 3.05) is 13.2 Å². The maximum Gasteiger partial charge on any atom is 0.315 e. The fraction of sp³-hybridized carbons (Fsp3) is 0.471. The normalized spacial score (nSPS) is 26.1. The number of nitrogens with one attached hydrogen (secondary N) is 2. The van der Waals surface area contributed by atoms with Crippen molar-refractivity contribution in [3.63, 3.8) is 0 Å². The minimum Gasteiger partial charge on any atom is -0.493 e. The number of halogens is 1. The van der Waals surface area contributed by atoms with Crippen LogP contribution in [-0.4, -0.2) is 30.4 Å². The SMILES string of the molecule is O=C(N[C@@H]1C=C[C@H](CO)C1)N[C@H]1CCCOc2cc(Cl)ccc21. The molecule has 2 aliphatic rings. The molecular weight excluding hydrogens is 316 g/mol. The number of amides is 2. The second-order valence-corrected chi connectivity index (χ2v) is 6.45. The Bertz CT molecular complexity index is 606. The zero-order valence-corrected chi connectivity index (χ0v) is 13.6. The van der Waals surface area contributed by atoms with Crippen molar-refractivity contribution in [3.8, 4) is 5.75 Å². The smallest absolute Gasteiger partial charge is 0.315 e. The molecule has 3 atom stereocenters. The van der Waals surface area contributed by atoms with Crippen LogP contribution in [0.3, 0.4) is 0 Å². The summed E-state index contributed by atoms with van der Waals surface area (Å²) in [6.45, 7) is 0.737. The molecule has 0 saturated heterocycles. The van der Waals surface area contributed by atoms with E-state index in [0.717, 1.165) is 30.6 Å². The highest BCUT2D eigenvalue weighted by Gasteiger charge is 2.24. The fourth-order valence-corrected chi connectivity index (χ4v) is 3.24. The lowest BCUT2D eigenvalue weighted by Gasteiger charge is -2.20. The molecule has 23 heavy (non-hydrogen) atoms. The maximum absolute atomic E-state index is 12.3. The summed E-state index contributed by atoms with van der Waals surface area (Å²) in [7, 11) is 0. The van der Waals surface area contributed by atoms with Gasteiger partial charge in [0.2, 0.25) is 0 Å². The topological polar surface area (TPSA) is 70.6 Å². The van der Waals surface area contributed by atoms with Crippen LogP contribution in [0.4, 0.5) is 4.79 Å². The molecular formula is C17H21ClN2O3. The number of fused-ring (bicyclic) bond motifs is 1. The Kier molecular flexibility index (Phi) is 5.08. The van der Waals surface area contributed by atoms with Gasteiger partial charge in [-0.05, 0) is 31.4 Å². The zero-order chi connectivity index (χ0) is 16.2. The summed E-state index contributed by atoms with van der Waals surface area (Å²) < 4.78 is 5.71. The average Bonchev–Trinajstić information content (AvgIpc) is 2.89. The van der Waals surface area contributed by atoms with Crippen molar-refractivity contribution in [1.82, 2.24) is 10.6 Å². The zero-order valence-electron chi connectivity index (χ0n) is 12.8. The predicted molar refractivity (Wildman–Crippen MR) is 88.7 cm³/mol. The van der Waals surface area contributed by atoms with Crippen LogP contribution in [0.5, 0.6) is 5.75 Å². The van der Waals surface area contributed by atoms with Gasteiger partial charge in [0.1, 0.15) is 5.75 Å². The lowest BCUT2D eigenvalue weighted by molar-refractivity contribution is 0.228. The van der Waals surface area contributed by atoms with Crippen molar-refractivity contribution in [2.24, 2.45) is 5.92 Å². The molecule has 1 aliphatic heterocycles. The molecule has 0 aromatic heterocycles. The minimum atomic E-state index is -0.203. The van der Waals surface area contributed by atoms with Crippen molar-refractivity contribution >= 4 is 17.6 Å². The van der Waals surface area contributed by atoms with E-state index in [1.54, 1.807) is 6.07 Å². The Morgan fingerprint density at radius 1 is 1.35 bits per heavy atom. The molecule has 1 aliphatic carbocycles. The third-order valence-electron chi connectivity index (χ3n) is 4.27. The van der Waals surface area contributed by atoms with Gasteiger partial charge in [-0.15, -0.1) is 0 Å². The van der Waals surface area contributed by atoms with E-state index in [1.165, 1.54) is 0 Å². The molecule has 3 N–H and O–H groups in total. The molecule has 2 amide bonds. The summed E-state index contributed by atoms with van der Waals surface area (Å²) in [5.74, 6) is 0.871. The van der Waals surface area contributed by atoms with Crippen LogP contribution in [0.2, 0.25) is 5.02 Å². The number of hydrogen-bond acceptors (Lipinski definition) is 3. The van der Waals surface area contributed by atoms with E-state index in [-0.39, 0.29) is 30.6 Å². The van der Waals surface area contributed by atoms with Gasteiger partial charge in [-0.3, -0.25) is 0 Å². The molecule has 1 heterocycles. The van der Waals surface area contributed by atoms with Crippen LogP contribution in [0.25, 0.3) is 0 Å². The summed E-state index contributed by atoms with van der Waals surface area (Å²) in [6, 6.07) is 5.19. The minimum absolute atomic E-state index is 0.0288. The number of rotatable bonds is 3. The van der Waals surface area contributed by atoms with E-state index < -0.39 is 0 Å². The van der Waals surface area contributed by atoms with Crippen LogP contribution in [0.1, 0.15) is 30.9 Å². The van der Waals surface area contributed by atoms with Gasteiger partial charge in [0, 0.05) is 29.2 Å². The number of benzene rings is 1. The molecule has 0 unspecified atom stereocenters. The van der Waals surface area contributed by atoms with Crippen LogP contribution >= 0.6 is 11.6 Å². The summed E-state index contributed by atoms with van der Waals surface area (Å²) in [4.78, 5) is 12.3. The number of aliphatic hydroxyl groups is 1. The third-order valence-corrected chi connectivity index (χ3v) is 4.51. The van der Waals surface area contributed by atoms with Gasteiger partial charge in [-0.1, -0.05) is 29.8 Å². The Morgan fingerprint density at radius 2 is 2.22 bits per heavy atom. The molecule has 124 valence electrons. The Hall–Kier alpha value is -1.72. The Balaban J connectivity index is 1.63. The highest BCUT2D eigenvalue weighted by molar-refractivity contribution is 6.30. The van der Waals surface area contributed by atoms with Crippen molar-refractivity contribution in [3.05, 3.63) is 40.9 Å². The number of carbonyl (C=O) groups is 1. The van der Waals surface area contributed by atoms with E-state index in [1.807, 2.05) is 24.3 Å². The quantitative estimate of drug-likeness (QED) is 0.743. The highest BCUT2D eigenvalue weighted by Crippen LogP contribution is 2.33. The van der Waals surface area contributed by atoms with Gasteiger partial charge >= 0.3 is 6.03 Å². The lowest BCUT2D eigenvalue weighted by Crippen LogP contribution is -2.42. The number of aliphatic hydroxyl groups excluding tert-OH is 1. The summed E-state index contributed by atoms with van der Waals surface area (Å²) >= 11 is 6.02. The van der Waals surface area contributed by atoms with Crippen LogP contribution in [0.15, 0.2) is 30.4 Å². The fourth-order valence-electron chi connectivity index (χ4n) is 3.08. The first-order chi connectivity index (χ1) is 11.2. The van der Waals surface area contributed by atoms with Gasteiger partial charge in [0.25, 0.3) is 0 Å². The van der Waals surface area contributed by atoms with Gasteiger partial charge in [0.15, 0.2) is 0 Å². The molecule has 0 radical (unpaired) electrons. The second-order valence-electron chi connectivity index (χ2n) is 6.01. The summed E-state index contributed by atoms with van der Waals surface area (Å²) in [5, 5.41) is 15.7. The number of carbonyl (C=O) groups excluding carboxylic acids is 1. The molecule has 0 fully saturated rings. The highest BCUT2D eigenvalue weighted by atomic mass is 35.5. The lowest BCUT2D eigenvalue weighted by atomic mass is 10.0. The van der Waals surface area contributed by atoms with Gasteiger partial charge in [-0.2, -0.15) is 0 Å². The average molecular weight is 337 g/mol. The maximum atomic E-state index is 12.3. The molecule has 5 nitrogen and oxygen atoms in total. The molecule has 1 aromatic rings. The van der Waals surface area contributed by atoms with Crippen LogP contribution < -0.4 is 15.4 Å². The van der Waals surface area contributed by atoms with E-state index in [9.17, 15) is 4.79 Å². The van der Waals surface area contributed by atoms with Crippen LogP contribution in [0, 0.1) is 5.92 Å². The van der Waals surface area contributed by atoms with Gasteiger partial charge in [-0.25, -0.2) is 4.79 Å². The predicted octanol–water partition coefficient (Wildman–Crippen LogP) is 2.79. The van der Waals surface area contributed by atoms with Crippen molar-refractivity contribution in [2.45, 2.75) is 31.3 Å². The molecule has 3 rings (SSSR count). The second kappa shape index (κ2) is 7.23. The van der Waals surface area contributed by atoms with E-state index in [4.69, 9.17) is 21.4 Å². The summed E-state index contributed by atoms with van der Waals surface area (Å²) in [5.41, 5.74) is 0.956. The monoisotopic (exact) mass is 336 g/mol. The van der Waals surface area contributed by atoms with Crippen molar-refractivity contribution in [1.29, 1.82) is 0 Å². The van der Waals surface area contributed by atoms with Gasteiger partial charge < -0.3 is 20.5 Å². The van der Waals surface area contributed by atoms with E-state index >= 15 is 0 Å². The number of hydrogen-bond donors (Lipinski definition) is 3. The van der Waals surface area contributed by atoms with Gasteiger partial charge in [0.05, 0.1) is 12.6 Å². The first-order valence-electron chi connectivity index (χ1n) is 7.94. The summed E-state index contributed by atoms with van der Waals surface area (Å²) in [6.07, 6.45) is 6.31. The molecule has 0 spiro atoms. The molecule has 0 saturated carbocycles. The number of urea groups is 1. The largest absolute Gasteiger partial charge is 0.493 e. The molecule has 1 aromatic carbocycles. The molecule has 6 heteroatoms. The first kappa shape index (κ1) is 16.1. The van der Waals surface area contributed by atoms with E-state index in [2.05, 4.69) is 10.6 Å². The standard InChI is InChI=1S/C17H21ClN2O3/c18-12-4-6-14-15(2-1-7-23-16(14)9-12)20-17(22)19-13-5-3-11(8-13)10-21/h3-6,9,11,13,15,21H,1-2,7-8,10H2,(H2,19,20,22)/t11-,13+,15-/m0/s1. The Morgan fingerprint density at radius 3 is 3.00 bits per heavy atom. The third kappa shape index (κ3) is 3.98. The first-order valence-corrected chi connectivity index (χ1v) is 8.32.